The minimum Gasteiger partial charge on any atom is -0.299 e. The van der Waals surface area contributed by atoms with Crippen LogP contribution in [0.4, 0.5) is 0 Å². The highest BCUT2D eigenvalue weighted by Gasteiger charge is 2.37. The Morgan fingerprint density at radius 3 is 2.85 bits per heavy atom. The third-order valence-corrected chi connectivity index (χ3v) is 3.15. The van der Waals surface area contributed by atoms with Crippen LogP contribution in [0.25, 0.3) is 0 Å². The molecule has 0 aliphatic heterocycles. The molecule has 0 aromatic heterocycles. The number of rotatable bonds is 2. The molecule has 1 saturated carbocycles. The summed E-state index contributed by atoms with van der Waals surface area (Å²) in [6, 6.07) is 0. The number of carbonyl (C=O) groups is 1. The van der Waals surface area contributed by atoms with E-state index >= 15 is 0 Å². The van der Waals surface area contributed by atoms with Crippen LogP contribution in [0.5, 0.6) is 0 Å². The lowest BCUT2D eigenvalue weighted by Gasteiger charge is -2.37. The zero-order valence-corrected chi connectivity index (χ0v) is 8.60. The Morgan fingerprint density at radius 2 is 2.31 bits per heavy atom. The van der Waals surface area contributed by atoms with Crippen molar-refractivity contribution in [1.82, 2.24) is 0 Å². The van der Waals surface area contributed by atoms with Gasteiger partial charge in [-0.05, 0) is 24.7 Å². The molecule has 0 N–H and O–H groups in total. The van der Waals surface area contributed by atoms with Gasteiger partial charge in [0, 0.05) is 18.8 Å². The van der Waals surface area contributed by atoms with Gasteiger partial charge in [0.05, 0.1) is 0 Å². The van der Waals surface area contributed by atoms with Crippen LogP contribution in [0.15, 0.2) is 0 Å². The first kappa shape index (κ1) is 10.3. The van der Waals surface area contributed by atoms with Crippen LogP contribution in [0.1, 0.15) is 46.0 Å². The largest absolute Gasteiger partial charge is 0.299 e. The van der Waals surface area contributed by atoms with Crippen molar-refractivity contribution in [1.29, 1.82) is 0 Å². The Hall–Kier alpha value is -0.770. The molecule has 0 spiro atoms. The van der Waals surface area contributed by atoms with Gasteiger partial charge in [-0.15, -0.1) is 12.3 Å². The van der Waals surface area contributed by atoms with Crippen LogP contribution in [0.3, 0.4) is 0 Å². The van der Waals surface area contributed by atoms with Crippen molar-refractivity contribution in [2.75, 3.05) is 0 Å². The second-order valence-corrected chi connectivity index (χ2v) is 4.60. The third kappa shape index (κ3) is 2.34. The summed E-state index contributed by atoms with van der Waals surface area (Å²) in [5, 5.41) is 0. The predicted molar refractivity (Wildman–Crippen MR) is 54.2 cm³/mol. The fraction of sp³-hybridized carbons (Fsp3) is 0.750. The summed E-state index contributed by atoms with van der Waals surface area (Å²) in [6.07, 6.45) is 9.81. The highest BCUT2D eigenvalue weighted by atomic mass is 16.1. The van der Waals surface area contributed by atoms with Gasteiger partial charge in [-0.1, -0.05) is 13.8 Å². The van der Waals surface area contributed by atoms with E-state index in [0.717, 1.165) is 32.1 Å². The molecule has 13 heavy (non-hydrogen) atoms. The van der Waals surface area contributed by atoms with E-state index in [9.17, 15) is 4.79 Å². The minimum atomic E-state index is 0.173. The van der Waals surface area contributed by atoms with Crippen molar-refractivity contribution in [3.05, 3.63) is 0 Å². The lowest BCUT2D eigenvalue weighted by Crippen LogP contribution is -2.35. The molecular weight excluding hydrogens is 160 g/mol. The Labute approximate surface area is 80.9 Å². The maximum Gasteiger partial charge on any atom is 0.136 e. The smallest absolute Gasteiger partial charge is 0.136 e. The molecule has 0 aromatic rings. The standard InChI is InChI=1S/C12H18O/c1-4-5-7-10-11(13)8-6-9-12(10,2)3/h1,10H,5-9H2,2-3H3. The van der Waals surface area contributed by atoms with E-state index in [-0.39, 0.29) is 11.3 Å². The average Bonchev–Trinajstić information content (AvgIpc) is 2.02. The molecule has 1 aliphatic carbocycles. The number of carbonyl (C=O) groups excluding carboxylic acids is 1. The lowest BCUT2D eigenvalue weighted by atomic mass is 9.66. The van der Waals surface area contributed by atoms with Gasteiger partial charge in [-0.25, -0.2) is 0 Å². The third-order valence-electron chi connectivity index (χ3n) is 3.15. The number of hydrogen-bond acceptors (Lipinski definition) is 1. The summed E-state index contributed by atoms with van der Waals surface area (Å²) < 4.78 is 0. The molecule has 0 aromatic carbocycles. The summed E-state index contributed by atoms with van der Waals surface area (Å²) in [5.74, 6) is 3.25. The van der Waals surface area contributed by atoms with Crippen molar-refractivity contribution < 1.29 is 4.79 Å². The van der Waals surface area contributed by atoms with Gasteiger partial charge in [0.15, 0.2) is 0 Å². The Morgan fingerprint density at radius 1 is 1.62 bits per heavy atom. The second kappa shape index (κ2) is 3.96. The Kier molecular flexibility index (Phi) is 3.14. The quantitative estimate of drug-likeness (QED) is 0.594. The molecule has 1 fully saturated rings. The molecule has 1 aliphatic rings. The van der Waals surface area contributed by atoms with Gasteiger partial charge >= 0.3 is 0 Å². The monoisotopic (exact) mass is 178 g/mol. The fourth-order valence-electron chi connectivity index (χ4n) is 2.28. The van der Waals surface area contributed by atoms with Crippen molar-refractivity contribution in [3.8, 4) is 12.3 Å². The maximum absolute atomic E-state index is 11.6. The van der Waals surface area contributed by atoms with E-state index in [1.54, 1.807) is 0 Å². The number of ketones is 1. The molecule has 1 unspecified atom stereocenters. The average molecular weight is 178 g/mol. The Bertz CT molecular complexity index is 232. The van der Waals surface area contributed by atoms with Gasteiger partial charge in [-0.2, -0.15) is 0 Å². The Balaban J connectivity index is 2.64. The molecule has 72 valence electrons. The zero-order chi connectivity index (χ0) is 9.90. The fourth-order valence-corrected chi connectivity index (χ4v) is 2.28. The van der Waals surface area contributed by atoms with E-state index in [2.05, 4.69) is 19.8 Å². The highest BCUT2D eigenvalue weighted by Crippen LogP contribution is 2.40. The van der Waals surface area contributed by atoms with Gasteiger partial charge in [0.1, 0.15) is 5.78 Å². The summed E-state index contributed by atoms with van der Waals surface area (Å²) in [6.45, 7) is 4.37. The number of hydrogen-bond donors (Lipinski definition) is 0. The summed E-state index contributed by atoms with van der Waals surface area (Å²) in [5.41, 5.74) is 0.173. The first-order valence-corrected chi connectivity index (χ1v) is 5.04. The molecule has 1 heteroatoms. The van der Waals surface area contributed by atoms with Crippen LogP contribution < -0.4 is 0 Å². The lowest BCUT2D eigenvalue weighted by molar-refractivity contribution is -0.129. The van der Waals surface area contributed by atoms with E-state index in [1.807, 2.05) is 0 Å². The SMILES string of the molecule is C#CCCC1C(=O)CCCC1(C)C. The van der Waals surface area contributed by atoms with Crippen LogP contribution in [0.2, 0.25) is 0 Å². The van der Waals surface area contributed by atoms with Crippen molar-refractivity contribution in [3.63, 3.8) is 0 Å². The zero-order valence-electron chi connectivity index (χ0n) is 8.60. The van der Waals surface area contributed by atoms with E-state index < -0.39 is 0 Å². The number of terminal acetylenes is 1. The van der Waals surface area contributed by atoms with Gasteiger partial charge in [0.2, 0.25) is 0 Å². The van der Waals surface area contributed by atoms with Crippen LogP contribution in [-0.2, 0) is 4.79 Å². The van der Waals surface area contributed by atoms with Gasteiger partial charge < -0.3 is 0 Å². The molecule has 1 nitrogen and oxygen atoms in total. The van der Waals surface area contributed by atoms with Crippen molar-refractivity contribution in [2.45, 2.75) is 46.0 Å². The predicted octanol–water partition coefficient (Wildman–Crippen LogP) is 2.80. The van der Waals surface area contributed by atoms with Gasteiger partial charge in [0.25, 0.3) is 0 Å². The van der Waals surface area contributed by atoms with Crippen molar-refractivity contribution >= 4 is 5.78 Å². The molecule has 0 amide bonds. The van der Waals surface area contributed by atoms with Crippen LogP contribution >= 0.6 is 0 Å². The molecule has 0 bridgehead atoms. The highest BCUT2D eigenvalue weighted by molar-refractivity contribution is 5.82. The van der Waals surface area contributed by atoms with Crippen LogP contribution in [-0.4, -0.2) is 5.78 Å². The normalized spacial score (nSPS) is 26.8. The van der Waals surface area contributed by atoms with Crippen molar-refractivity contribution in [2.24, 2.45) is 11.3 Å². The van der Waals surface area contributed by atoms with E-state index in [0.29, 0.717) is 5.78 Å². The molecule has 0 heterocycles. The topological polar surface area (TPSA) is 17.1 Å². The summed E-state index contributed by atoms with van der Waals surface area (Å²) >= 11 is 0. The first-order valence-electron chi connectivity index (χ1n) is 5.04. The molecule has 1 rings (SSSR count). The molecule has 0 radical (unpaired) electrons. The summed E-state index contributed by atoms with van der Waals surface area (Å²) in [4.78, 5) is 11.6. The molecule has 1 atom stereocenters. The van der Waals surface area contributed by atoms with Gasteiger partial charge in [-0.3, -0.25) is 4.79 Å². The van der Waals surface area contributed by atoms with E-state index in [1.165, 1.54) is 0 Å². The first-order chi connectivity index (χ1) is 6.08. The maximum atomic E-state index is 11.6. The molecular formula is C12H18O. The minimum absolute atomic E-state index is 0.173. The second-order valence-electron chi connectivity index (χ2n) is 4.60. The van der Waals surface area contributed by atoms with E-state index in [4.69, 9.17) is 6.42 Å². The number of Topliss-reactive ketones (excluding diaryl/α,β-unsaturated/α-hetero) is 1. The molecule has 0 saturated heterocycles. The summed E-state index contributed by atoms with van der Waals surface area (Å²) in [7, 11) is 0. The van der Waals surface area contributed by atoms with Crippen LogP contribution in [0, 0.1) is 23.7 Å².